The number of hydrogen-bond acceptors (Lipinski definition) is 16. The predicted octanol–water partition coefficient (Wildman–Crippen LogP) is 29.5. The maximum atomic E-state index is 8.72. The van der Waals surface area contributed by atoms with Crippen LogP contribution in [0, 0.1) is 34.6 Å². The van der Waals surface area contributed by atoms with Gasteiger partial charge < -0.3 is 71.1 Å². The van der Waals surface area contributed by atoms with Gasteiger partial charge in [0, 0.05) is 113 Å². The fraction of sp³-hybridized carbons (Fsp3) is 0.234. The minimum Gasteiger partial charge on any atom is -0.454 e. The molecule has 0 fully saturated rings. The molecule has 5 aliphatic rings. The number of nitrogens with zero attached hydrogens (tertiary/aromatic N) is 11. The smallest absolute Gasteiger partial charge is 0.159 e. The molecule has 24 rings (SSSR count). The lowest BCUT2D eigenvalue weighted by Gasteiger charge is -2.33. The number of aryl methyl sites for hydroxylation is 5. The summed E-state index contributed by atoms with van der Waals surface area (Å²) in [5, 5.41) is 11.0. The Kier molecular flexibility index (Phi) is 17.9. The van der Waals surface area contributed by atoms with Crippen LogP contribution < -0.4 is 44.1 Å². The molecule has 0 bridgehead atoms. The van der Waals surface area contributed by atoms with Gasteiger partial charge in [0.1, 0.15) is 58.7 Å². The second-order valence-corrected chi connectivity index (χ2v) is 34.4. The lowest BCUT2D eigenvalue weighted by Crippen LogP contribution is -2.42. The van der Waals surface area contributed by atoms with Gasteiger partial charge in [-0.25, -0.2) is 4.98 Å². The Morgan fingerprint density at radius 1 is 0.276 bits per heavy atom. The SMILES string of the molecule is [2H]C(C)(C)N1C=CN(c2c(C)ccc3c2oc2ccccc23)[C@H]1C.[2H]C(C)(C)N1c2ccccc2N(c2c(C)ccc3c2oc2ccccc23)[C@H]1C.[2H]C(C)(C)N1c2ccccc2N(c2c(C)ccc3c2oc2ccccc23)[C@H]1C.[2H]C([2H])([2H])N1c2ccccc2N(c2c(C)ccc3c2oc2ccccc23)[C@H]1C.[2H]C([2H])([2H])N1c2cccnc2N(c2c(C)ccc3c2oc2ccccc23)[C@H]1C. The third kappa shape index (κ3) is 13.2. The molecule has 13 aromatic carbocycles. The van der Waals surface area contributed by atoms with Crippen LogP contribution in [0.25, 0.3) is 110 Å². The van der Waals surface area contributed by atoms with Gasteiger partial charge >= 0.3 is 0 Å². The molecule has 0 spiro atoms. The highest BCUT2D eigenvalue weighted by Crippen LogP contribution is 2.55. The lowest BCUT2D eigenvalue weighted by molar-refractivity contribution is 0.263. The predicted molar refractivity (Wildman–Crippen MR) is 532 cm³/mol. The van der Waals surface area contributed by atoms with E-state index < -0.39 is 38.2 Å². The van der Waals surface area contributed by atoms with Gasteiger partial charge in [-0.05, 0) is 217 Å². The summed E-state index contributed by atoms with van der Waals surface area (Å²) in [7, 11) is 0. The zero-order valence-electron chi connectivity index (χ0n) is 83.5. The third-order valence-electron chi connectivity index (χ3n) is 26.0. The quantitative estimate of drug-likeness (QED) is 0.144. The second-order valence-electron chi connectivity index (χ2n) is 34.4. The first kappa shape index (κ1) is 71.1. The average Bonchev–Trinajstić information content (AvgIpc) is 1.58. The number of rotatable bonds is 8. The van der Waals surface area contributed by atoms with Crippen LogP contribution in [0.15, 0.2) is 308 Å². The molecule has 19 aromatic rings. The van der Waals surface area contributed by atoms with Crippen LogP contribution in [0.4, 0.5) is 74.1 Å². The maximum Gasteiger partial charge on any atom is 0.159 e. The van der Waals surface area contributed by atoms with Crippen molar-refractivity contribution in [3.8, 4) is 0 Å². The molecule has 0 aliphatic carbocycles. The normalized spacial score (nSPS) is 18.5. The molecule has 0 N–H and O–H groups in total. The summed E-state index contributed by atoms with van der Waals surface area (Å²) in [6.45, 7) is 27.8. The van der Waals surface area contributed by atoms with E-state index in [0.29, 0.717) is 17.2 Å². The Bertz CT molecular complexity index is 7160. The molecule has 0 saturated heterocycles. The number of benzene rings is 13. The minimum absolute atomic E-state index is 0.00223. The number of hydrogen-bond donors (Lipinski definition) is 0. The van der Waals surface area contributed by atoms with E-state index in [1.165, 1.54) is 15.4 Å². The Morgan fingerprint density at radius 2 is 0.559 bits per heavy atom. The summed E-state index contributed by atoms with van der Waals surface area (Å²) in [5.41, 5.74) is 25.8. The van der Waals surface area contributed by atoms with Crippen LogP contribution in [0.5, 0.6) is 0 Å². The number of para-hydroxylation sites is 11. The zero-order chi connectivity index (χ0) is 95.6. The van der Waals surface area contributed by atoms with Crippen LogP contribution in [0.3, 0.4) is 0 Å². The molecule has 638 valence electrons. The molecule has 5 atom stereocenters. The monoisotopic (exact) mass is 1680 g/mol. The van der Waals surface area contributed by atoms with Crippen molar-refractivity contribution in [1.29, 1.82) is 0 Å². The fourth-order valence-corrected chi connectivity index (χ4v) is 20.1. The van der Waals surface area contributed by atoms with Crippen LogP contribution in [0.1, 0.15) is 116 Å². The van der Waals surface area contributed by atoms with E-state index in [9.17, 15) is 0 Å². The Labute approximate surface area is 755 Å². The van der Waals surface area contributed by atoms with Gasteiger partial charge in [-0.2, -0.15) is 0 Å². The molecule has 127 heavy (non-hydrogen) atoms. The van der Waals surface area contributed by atoms with Gasteiger partial charge in [0.2, 0.25) is 0 Å². The first-order valence-corrected chi connectivity index (χ1v) is 43.7. The van der Waals surface area contributed by atoms with E-state index in [1.807, 2.05) is 213 Å². The van der Waals surface area contributed by atoms with Gasteiger partial charge in [0.15, 0.2) is 33.7 Å². The van der Waals surface area contributed by atoms with Crippen LogP contribution in [0.2, 0.25) is 0 Å². The van der Waals surface area contributed by atoms with Gasteiger partial charge in [-0.1, -0.05) is 188 Å². The van der Waals surface area contributed by atoms with Crippen molar-refractivity contribution < 1.29 is 34.4 Å². The summed E-state index contributed by atoms with van der Waals surface area (Å²) in [6.07, 6.45) is 5.00. The van der Waals surface area contributed by atoms with E-state index in [1.54, 1.807) is 18.3 Å². The molecule has 11 heterocycles. The topological polar surface area (TPSA) is 111 Å². The fourth-order valence-electron chi connectivity index (χ4n) is 20.1. The minimum atomic E-state index is -2.28. The number of fused-ring (bicyclic) bond motifs is 19. The molecule has 0 unspecified atom stereocenters. The Morgan fingerprint density at radius 3 is 0.906 bits per heavy atom. The first-order valence-electron chi connectivity index (χ1n) is 48.2. The van der Waals surface area contributed by atoms with E-state index in [2.05, 4.69) is 210 Å². The van der Waals surface area contributed by atoms with Crippen molar-refractivity contribution in [2.45, 2.75) is 160 Å². The molecule has 16 nitrogen and oxygen atoms in total. The number of aromatic nitrogens is 1. The van der Waals surface area contributed by atoms with Crippen molar-refractivity contribution >= 4 is 184 Å². The van der Waals surface area contributed by atoms with Gasteiger partial charge in [0.25, 0.3) is 0 Å². The van der Waals surface area contributed by atoms with Crippen molar-refractivity contribution in [1.82, 2.24) is 9.88 Å². The van der Waals surface area contributed by atoms with Gasteiger partial charge in [0.05, 0.1) is 72.4 Å². The van der Waals surface area contributed by atoms with E-state index in [0.717, 1.165) is 189 Å². The molecular formula is C111H109N11O5. The molecule has 0 amide bonds. The standard InChI is InChI=1S/2C24H24N2O.C22H20N2O.C21H19N3O.C20H22N2O/c2*1-15(2)25-17(4)26(21-11-7-6-10-20(21)25)23-16(3)13-14-19-18-9-5-8-12-22(18)27-24(19)23;1-14-12-13-17-16-8-4-7-11-20(16)25-22(17)21(14)24-15(2)23(3)18-9-5-6-10-19(18)24;1-13-10-11-16-15-7-4-5-9-18(15)25-20(16)19(13)24-14(2)23(3)17-8-6-12-22-21(17)24;1-13(2)21-11-12-22(15(21)4)19-14(3)9-10-17-16-7-5-6-8-18(16)23-20(17)19/h2*5-15,17H,1-4H3;4-13,15H,1-3H3;4-12,14H,1-3H3;5-13,15H,1-4H3/t2*17-;15-;14-;15-/m00000/s1/i2*15D;2*3D3;13D. The summed E-state index contributed by atoms with van der Waals surface area (Å²) in [6, 6.07) is 87.4. The zero-order valence-corrected chi connectivity index (χ0v) is 74.5. The number of furan rings is 5. The summed E-state index contributed by atoms with van der Waals surface area (Å²) in [5.74, 6) is 0.627. The van der Waals surface area contributed by atoms with Crippen molar-refractivity contribution in [2.75, 3.05) is 58.1 Å². The number of pyridine rings is 1. The summed E-state index contributed by atoms with van der Waals surface area (Å²) >= 11 is 0. The van der Waals surface area contributed by atoms with Crippen molar-refractivity contribution in [2.24, 2.45) is 0 Å². The first-order chi connectivity index (χ1) is 64.9. The third-order valence-corrected chi connectivity index (χ3v) is 26.0. The largest absolute Gasteiger partial charge is 0.454 e. The average molecular weight is 1690 g/mol. The van der Waals surface area contributed by atoms with Gasteiger partial charge in [-0.3, -0.25) is 0 Å². The molecule has 6 aromatic heterocycles. The Hall–Kier alpha value is -14.3. The molecule has 16 heteroatoms. The molecule has 0 saturated carbocycles. The summed E-state index contributed by atoms with van der Waals surface area (Å²) in [4.78, 5) is 24.8. The van der Waals surface area contributed by atoms with E-state index >= 15 is 0 Å². The van der Waals surface area contributed by atoms with Gasteiger partial charge in [-0.15, -0.1) is 0 Å². The van der Waals surface area contributed by atoms with Crippen molar-refractivity contribution in [3.05, 3.63) is 313 Å². The molecular weight excluding hydrogens is 1570 g/mol. The Balaban J connectivity index is 0.000000105. The van der Waals surface area contributed by atoms with E-state index in [-0.39, 0.29) is 24.7 Å². The van der Waals surface area contributed by atoms with E-state index in [4.69, 9.17) is 34.4 Å². The highest BCUT2D eigenvalue weighted by atomic mass is 16.3. The second kappa shape index (κ2) is 32.1. The highest BCUT2D eigenvalue weighted by Gasteiger charge is 2.42. The number of anilines is 13. The summed E-state index contributed by atoms with van der Waals surface area (Å²) < 4.78 is 105. The lowest BCUT2D eigenvalue weighted by atomic mass is 10.1. The maximum absolute atomic E-state index is 8.72. The molecule has 0 radical (unpaired) electrons. The van der Waals surface area contributed by atoms with Crippen LogP contribution >= 0.6 is 0 Å². The molecule has 5 aliphatic heterocycles. The van der Waals surface area contributed by atoms with Crippen LogP contribution in [-0.4, -0.2) is 72.7 Å². The van der Waals surface area contributed by atoms with Crippen molar-refractivity contribution in [3.63, 3.8) is 0 Å². The highest BCUT2D eigenvalue weighted by molar-refractivity contribution is 6.16. The van der Waals surface area contributed by atoms with Crippen LogP contribution in [-0.2, 0) is 0 Å².